The molecular weight excluding hydrogens is 973 g/mol. The molecule has 0 radical (unpaired) electrons. The van der Waals surface area contributed by atoms with Crippen LogP contribution in [-0.4, -0.2) is 81.3 Å². The summed E-state index contributed by atoms with van der Waals surface area (Å²) in [4.78, 5) is 27.7. The molecule has 1 unspecified atom stereocenters. The Bertz CT molecular complexity index is 3740. The fourth-order valence-electron chi connectivity index (χ4n) is 6.00. The minimum atomic E-state index is -0.772. The van der Waals surface area contributed by atoms with Crippen molar-refractivity contribution in [1.82, 2.24) is 34.7 Å². The van der Waals surface area contributed by atoms with E-state index in [2.05, 4.69) is 225 Å². The largest absolute Gasteiger partial charge is 0.489 e. The SMILES string of the molecule is C#CC#CC#CC#CC#CC#CC#CC#CC#CC#CC#CC#CC#C.CC1(O)CCN(c2cnc(C(=O)Nc3cccc4c3OCCn3nnnc3-4)cc2-n2cnc(C3CC3)c2)C1.NN=NN=NN=NN=[N+]([O-])OO.[HH].[HH].[HH].[HH].[HH].[HH].[HH].[HH].[HH].[HH].[HH].[HH]. The van der Waals surface area contributed by atoms with E-state index in [1.165, 1.54) is 0 Å². The van der Waals surface area contributed by atoms with Crippen LogP contribution in [0.5, 0.6) is 5.75 Å². The summed E-state index contributed by atoms with van der Waals surface area (Å²) in [6.07, 6.45) is 18.3. The molecule has 1 atom stereocenters. The maximum atomic E-state index is 13.5. The van der Waals surface area contributed by atoms with Crippen molar-refractivity contribution in [2.45, 2.75) is 44.2 Å². The number of aromatic nitrogens is 7. The van der Waals surface area contributed by atoms with Crippen LogP contribution in [0, 0.1) is 160 Å². The predicted octanol–water partition coefficient (Wildman–Crippen LogP) is 5.98. The number of imidazole rings is 1. The second kappa shape index (κ2) is 30.4. The number of rotatable bonds is 9. The van der Waals surface area contributed by atoms with Crippen LogP contribution < -0.4 is 20.8 Å². The number of amides is 1. The number of benzene rings is 1. The van der Waals surface area contributed by atoms with Gasteiger partial charge in [-0.25, -0.2) is 14.6 Å². The van der Waals surface area contributed by atoms with Gasteiger partial charge in [0, 0.05) is 100 Å². The quantitative estimate of drug-likeness (QED) is 0.0494. The first-order chi connectivity index (χ1) is 37.2. The number of hydrogen-bond donors (Lipinski definition) is 4. The third-order valence-corrected chi connectivity index (χ3v) is 9.20. The zero-order chi connectivity index (χ0) is 54.1. The standard InChI is InChI=1S/C26H27N9O3.C26H2.H3N9O3.12H2/c1-26(37)7-8-33(14-26)22-12-27-19(11-21(22)34-13-20(28-15-34)16-5-6-16)25(36)29-18-4-2-3-17-23(18)38-10-9-35-24(17)30-31-32-35;1-3-5-7-9-11-13-15-17-19-21-23-25-26-24-22-20-18-16-14-12-10-8-6-4-2;1-2-3-4-5-6-7-8-9(10)12-11;;;;;;;;;;;;/h2-4,11-13,15-16,37H,5-10,14H2,1H3,(H,29,36);1-2H;11H,(H2,1,3,5,7);12*1H. The maximum Gasteiger partial charge on any atom is 0.274 e. The molecule has 2 fully saturated rings. The first-order valence-electron chi connectivity index (χ1n) is 21.3. The highest BCUT2D eigenvalue weighted by Crippen LogP contribution is 2.40. The number of terminal acetylenes is 2. The zero-order valence-electron chi connectivity index (χ0n) is 39.5. The van der Waals surface area contributed by atoms with E-state index in [-0.39, 0.29) is 28.7 Å². The molecule has 24 nitrogen and oxygen atoms in total. The van der Waals surface area contributed by atoms with Crippen LogP contribution in [0.15, 0.2) is 79.5 Å². The van der Waals surface area contributed by atoms with E-state index in [9.17, 15) is 15.1 Å². The molecule has 390 valence electrons. The molecule has 1 saturated carbocycles. The number of β-amino-alcohol motifs (C(OH)–C–C–N with tert-alkyl or cyclic N) is 1. The third-order valence-electron chi connectivity index (χ3n) is 9.20. The van der Waals surface area contributed by atoms with Gasteiger partial charge in [0.25, 0.3) is 5.91 Å². The Morgan fingerprint density at radius 3 is 1.97 bits per heavy atom. The fraction of sp³-hybridized carbons (Fsp3) is 0.192. The lowest BCUT2D eigenvalue weighted by atomic mass is 10.1. The molecule has 1 aromatic carbocycles. The van der Waals surface area contributed by atoms with Gasteiger partial charge in [-0.05, 0) is 155 Å². The molecule has 4 aromatic rings. The average molecular weight is 1030 g/mol. The Morgan fingerprint density at radius 1 is 0.855 bits per heavy atom. The van der Waals surface area contributed by atoms with Crippen molar-refractivity contribution in [1.29, 1.82) is 0 Å². The number of carbonyl (C=O) groups is 1. The average Bonchev–Trinajstić information content (AvgIpc) is 2.73. The fourth-order valence-corrected chi connectivity index (χ4v) is 6.00. The minimum absolute atomic E-state index is 0. The van der Waals surface area contributed by atoms with Gasteiger partial charge in [0.05, 0.1) is 58.0 Å². The van der Waals surface area contributed by atoms with Crippen molar-refractivity contribution in [3.8, 4) is 178 Å². The number of nitrogens with one attached hydrogen (secondary N) is 1. The summed E-state index contributed by atoms with van der Waals surface area (Å²) in [7, 11) is 0. The van der Waals surface area contributed by atoms with Gasteiger partial charge in [-0.2, -0.15) is 0 Å². The Hall–Kier alpha value is -12.3. The lowest BCUT2D eigenvalue weighted by Crippen LogP contribution is -2.30. The number of nitrogens with zero attached hydrogens (tertiary/aromatic N) is 16. The van der Waals surface area contributed by atoms with E-state index in [1.54, 1.807) is 29.3 Å². The molecule has 24 heteroatoms. The lowest BCUT2D eigenvalue weighted by molar-refractivity contribution is -0.873. The van der Waals surface area contributed by atoms with Gasteiger partial charge < -0.3 is 40.7 Å². The molecule has 0 bridgehead atoms. The summed E-state index contributed by atoms with van der Waals surface area (Å²) in [5.41, 5.74) is 3.41. The maximum absolute atomic E-state index is 13.5. The molecule has 7 rings (SSSR count). The molecule has 3 aromatic heterocycles. The Morgan fingerprint density at radius 2 is 1.43 bits per heavy atom. The molecule has 1 saturated heterocycles. The number of anilines is 2. The first kappa shape index (κ1) is 54.7. The van der Waals surface area contributed by atoms with Crippen LogP contribution >= 0.6 is 0 Å². The number of carbonyl (C=O) groups excluding carboxylic acids is 1. The third kappa shape index (κ3) is 18.6. The van der Waals surface area contributed by atoms with E-state index in [4.69, 9.17) is 22.8 Å². The molecule has 1 aliphatic carbocycles. The minimum Gasteiger partial charge on any atom is -0.489 e. The summed E-state index contributed by atoms with van der Waals surface area (Å²) < 4.78 is 9.61. The topological polar surface area (TPSA) is 304 Å². The number of hydrogen-bond acceptors (Lipinski definition) is 13. The number of para-hydroxylation sites is 1. The second-order valence-corrected chi connectivity index (χ2v) is 14.4. The predicted molar refractivity (Wildman–Crippen MR) is 295 cm³/mol. The van der Waals surface area contributed by atoms with Crippen molar-refractivity contribution in [3.05, 3.63) is 59.6 Å². The van der Waals surface area contributed by atoms with Gasteiger partial charge in [0.1, 0.15) is 17.5 Å². The van der Waals surface area contributed by atoms with Crippen molar-refractivity contribution in [3.63, 3.8) is 0 Å². The Labute approximate surface area is 452 Å². The lowest BCUT2D eigenvalue weighted by Gasteiger charge is -2.23. The summed E-state index contributed by atoms with van der Waals surface area (Å²) in [5.74, 6) is 63.9. The van der Waals surface area contributed by atoms with E-state index >= 15 is 0 Å². The van der Waals surface area contributed by atoms with Gasteiger partial charge in [-0.3, -0.25) is 10.1 Å². The second-order valence-electron chi connectivity index (χ2n) is 14.4. The Balaban J connectivity index is -0.000000190. The number of nitrogens with two attached hydrogens (primary N) is 1. The van der Waals surface area contributed by atoms with Crippen LogP contribution in [0.1, 0.15) is 65.4 Å². The van der Waals surface area contributed by atoms with Crippen molar-refractivity contribution in [2.24, 2.45) is 42.4 Å². The number of fused-ring (bicyclic) bond motifs is 3. The normalized spacial score (nSPS) is 13.6. The van der Waals surface area contributed by atoms with Crippen LogP contribution in [-0.2, 0) is 11.5 Å². The Kier molecular flexibility index (Phi) is 21.8. The van der Waals surface area contributed by atoms with Crippen LogP contribution in [0.2, 0.25) is 0 Å². The molecule has 5 heterocycles. The highest BCUT2D eigenvalue weighted by molar-refractivity contribution is 6.05. The molecule has 0 spiro atoms. The van der Waals surface area contributed by atoms with Gasteiger partial charge in [0.15, 0.2) is 11.6 Å². The number of tetrazole rings is 1. The van der Waals surface area contributed by atoms with Crippen LogP contribution in [0.3, 0.4) is 0 Å². The molecule has 76 heavy (non-hydrogen) atoms. The van der Waals surface area contributed by atoms with Gasteiger partial charge in [-0.1, -0.05) is 11.3 Å². The van der Waals surface area contributed by atoms with Gasteiger partial charge in [0.2, 0.25) is 10.4 Å². The smallest absolute Gasteiger partial charge is 0.274 e. The van der Waals surface area contributed by atoms with E-state index in [1.807, 2.05) is 29.8 Å². The number of ether oxygens (including phenoxy) is 1. The first-order valence-corrected chi connectivity index (χ1v) is 21.3. The van der Waals surface area contributed by atoms with E-state index < -0.39 is 10.6 Å². The van der Waals surface area contributed by atoms with Crippen LogP contribution in [0.4, 0.5) is 11.4 Å². The monoisotopic (exact) mass is 1030 g/mol. The summed E-state index contributed by atoms with van der Waals surface area (Å²) in [6.45, 7) is 3.91. The number of aliphatic hydroxyl groups is 1. The summed E-state index contributed by atoms with van der Waals surface area (Å²) in [6, 6.07) is 7.26. The molecular formula is C52H56N18O6. The van der Waals surface area contributed by atoms with Crippen molar-refractivity contribution in [2.75, 3.05) is 29.9 Å². The van der Waals surface area contributed by atoms with Gasteiger partial charge in [-0.15, -0.1) is 17.9 Å². The molecule has 3 aliphatic rings. The van der Waals surface area contributed by atoms with Crippen molar-refractivity contribution >= 4 is 17.3 Å². The molecule has 5 N–H and O–H groups in total. The highest BCUT2D eigenvalue weighted by atomic mass is 17.2. The van der Waals surface area contributed by atoms with Crippen molar-refractivity contribution < 1.29 is 47.0 Å². The molecule has 1 amide bonds. The molecule has 2 aliphatic heterocycles. The number of pyridine rings is 1. The van der Waals surface area contributed by atoms with Gasteiger partial charge >= 0.3 is 0 Å². The summed E-state index contributed by atoms with van der Waals surface area (Å²) >= 11 is 0. The summed E-state index contributed by atoms with van der Waals surface area (Å²) in [5, 5.41) is 61.4. The zero-order valence-corrected chi connectivity index (χ0v) is 39.5. The van der Waals surface area contributed by atoms with Crippen LogP contribution in [0.25, 0.3) is 17.1 Å². The van der Waals surface area contributed by atoms with E-state index in [0.717, 1.165) is 29.9 Å². The van der Waals surface area contributed by atoms with E-state index in [0.29, 0.717) is 61.4 Å². The highest BCUT2D eigenvalue weighted by Gasteiger charge is 2.34.